The molecule has 140 heavy (non-hydrogen) atoms. The summed E-state index contributed by atoms with van der Waals surface area (Å²) in [6, 6.07) is 101. The highest BCUT2D eigenvalue weighted by atomic mass is 15.1. The molecule has 0 bridgehead atoms. The van der Waals surface area contributed by atoms with E-state index in [0.29, 0.717) is 0 Å². The molecule has 0 fully saturated rings. The molecule has 16 heterocycles. The molecule has 0 unspecified atom stereocenters. The number of imidazole rings is 4. The Balaban J connectivity index is 0.0000000829. The van der Waals surface area contributed by atoms with E-state index >= 15 is 0 Å². The Morgan fingerprint density at radius 2 is 0.464 bits per heavy atom. The second-order valence-electron chi connectivity index (χ2n) is 38.6. The number of hydrogen-bond donors (Lipinski definition) is 0. The summed E-state index contributed by atoms with van der Waals surface area (Å²) in [6.45, 7) is 0. The Bertz CT molecular complexity index is 9460. The number of pyridine rings is 12. The predicted molar refractivity (Wildman–Crippen MR) is 559 cm³/mol. The van der Waals surface area contributed by atoms with Crippen molar-refractivity contribution in [1.82, 2.24) is 77.4 Å². The molecule has 0 radical (unpaired) electrons. The molecule has 16 aromatic heterocycles. The molecule has 0 saturated carbocycles. The lowest BCUT2D eigenvalue weighted by molar-refractivity contribution is 1.22. The van der Waals surface area contributed by atoms with Crippen LogP contribution in [0.25, 0.3) is 243 Å². The lowest BCUT2D eigenvalue weighted by atomic mass is 9.95. The molecule has 0 N–H and O–H groups in total. The summed E-state index contributed by atoms with van der Waals surface area (Å²) >= 11 is 0. The minimum Gasteiger partial charge on any atom is -0.290 e. The first-order valence-corrected chi connectivity index (χ1v) is 48.2. The van der Waals surface area contributed by atoms with Crippen LogP contribution >= 0.6 is 0 Å². The molecule has 28 aromatic rings. The van der Waals surface area contributed by atoms with E-state index in [-0.39, 0.29) is 0 Å². The fraction of sp³-hybridized carbons (Fsp3) is 0.0645. The molecule has 16 heteroatoms. The molecule has 12 aromatic carbocycles. The quantitative estimate of drug-likeness (QED) is 0.132. The topological polar surface area (TPSA) is 172 Å². The average molecular weight is 1790 g/mol. The highest BCUT2D eigenvalue weighted by molar-refractivity contribution is 6.18. The number of hydrogen-bond acceptors (Lipinski definition) is 12. The second kappa shape index (κ2) is 27.7. The van der Waals surface area contributed by atoms with Gasteiger partial charge in [-0.15, -0.1) is 0 Å². The van der Waals surface area contributed by atoms with E-state index in [9.17, 15) is 0 Å². The molecule has 648 valence electrons. The van der Waals surface area contributed by atoms with Crippen molar-refractivity contribution in [1.29, 1.82) is 0 Å². The Kier molecular flexibility index (Phi) is 14.9. The Hall–Kier alpha value is -18.3. The zero-order valence-corrected chi connectivity index (χ0v) is 75.1. The van der Waals surface area contributed by atoms with Crippen molar-refractivity contribution < 1.29 is 0 Å². The number of nitrogens with zero attached hydrogens (tertiary/aromatic N) is 16. The molecule has 8 aliphatic rings. The summed E-state index contributed by atoms with van der Waals surface area (Å²) in [4.78, 5) is 57.8. The molecule has 0 atom stereocenters. The van der Waals surface area contributed by atoms with E-state index < -0.39 is 0 Å². The summed E-state index contributed by atoms with van der Waals surface area (Å²) in [7, 11) is 0. The van der Waals surface area contributed by atoms with Gasteiger partial charge >= 0.3 is 0 Å². The van der Waals surface area contributed by atoms with Gasteiger partial charge < -0.3 is 0 Å². The van der Waals surface area contributed by atoms with E-state index in [4.69, 9.17) is 44.9 Å². The number of benzene rings is 12. The van der Waals surface area contributed by atoms with Crippen molar-refractivity contribution in [3.8, 4) is 89.0 Å². The highest BCUT2D eigenvalue weighted by Crippen LogP contribution is 2.56. The number of aromatic nitrogens is 16. The monoisotopic (exact) mass is 1780 g/mol. The standard InChI is InChI=1S/4C31H18N4/c1-2-6-19-17(5-1)15-18-9-10-20-21-11-12-25-30(24(21)16-23(20)27(18)19)35-26-8-4-14-33-29(26)28-22(31(35)34-25)7-3-13-32-28;1-2-6-19-17(5-1)15-18-9-10-20-21-11-12-25-30(24(21)16-23(20)27(18)19)35-26-8-4-14-32-28(26)22-7-3-13-33-29(22)31(35)34-25;1-2-5-19-17(4-1)14-18-7-8-20-21-9-10-26-30(24(21)15-23(20)28(18)19)35-27-6-3-12-33-29(27)25-16-32-13-11-22(25)31(35)34-26;1-2-5-19-17(4-1)14-18-7-8-20-21-9-10-26-30(24(21)15-23(20)28(18)19)35-27-6-3-12-33-29(27)22-11-13-32-16-25(22)31(35)34-26/h2*1-14H,15-16H2;2*1-13,16H,14-15H2. The van der Waals surface area contributed by atoms with Gasteiger partial charge in [-0.25, -0.2) is 19.9 Å². The third kappa shape index (κ3) is 10.1. The van der Waals surface area contributed by atoms with Crippen molar-refractivity contribution in [3.63, 3.8) is 0 Å². The van der Waals surface area contributed by atoms with Crippen molar-refractivity contribution in [3.05, 3.63) is 430 Å². The van der Waals surface area contributed by atoms with Crippen LogP contribution in [0.4, 0.5) is 0 Å². The third-order valence-electron chi connectivity index (χ3n) is 31.8. The van der Waals surface area contributed by atoms with Gasteiger partial charge in [-0.2, -0.15) is 0 Å². The smallest absolute Gasteiger partial charge is 0.165 e. The third-order valence-corrected chi connectivity index (χ3v) is 31.8. The molecule has 16 nitrogen and oxygen atoms in total. The summed E-state index contributed by atoms with van der Waals surface area (Å²) in [6.07, 6.45) is 26.4. The van der Waals surface area contributed by atoms with E-state index in [0.717, 1.165) is 184 Å². The lowest BCUT2D eigenvalue weighted by Gasteiger charge is -2.09. The van der Waals surface area contributed by atoms with Gasteiger partial charge in [0.25, 0.3) is 0 Å². The van der Waals surface area contributed by atoms with Crippen molar-refractivity contribution >= 4 is 154 Å². The van der Waals surface area contributed by atoms with Crippen LogP contribution in [0.2, 0.25) is 0 Å². The molecule has 0 spiro atoms. The molecular formula is C124H72N16. The van der Waals surface area contributed by atoms with Crippen LogP contribution in [0.5, 0.6) is 0 Å². The zero-order chi connectivity index (χ0) is 90.7. The number of rotatable bonds is 0. The van der Waals surface area contributed by atoms with Crippen LogP contribution in [0.3, 0.4) is 0 Å². The van der Waals surface area contributed by atoms with Gasteiger partial charge in [-0.1, -0.05) is 170 Å². The summed E-state index contributed by atoms with van der Waals surface area (Å²) in [5.41, 5.74) is 67.4. The average Bonchev–Trinajstić information content (AvgIpc) is 1.55. The second-order valence-corrected chi connectivity index (χ2v) is 38.6. The van der Waals surface area contributed by atoms with Crippen molar-refractivity contribution in [2.45, 2.75) is 51.4 Å². The van der Waals surface area contributed by atoms with Crippen LogP contribution in [0.15, 0.2) is 341 Å². The first-order valence-electron chi connectivity index (χ1n) is 48.2. The highest BCUT2D eigenvalue weighted by Gasteiger charge is 2.38. The largest absolute Gasteiger partial charge is 0.290 e. The maximum absolute atomic E-state index is 5.15. The first kappa shape index (κ1) is 75.1. The maximum atomic E-state index is 5.15. The van der Waals surface area contributed by atoms with Crippen LogP contribution in [0, 0.1) is 0 Å². The van der Waals surface area contributed by atoms with Gasteiger partial charge in [0, 0.05) is 120 Å². The minimum absolute atomic E-state index is 0.897. The van der Waals surface area contributed by atoms with Crippen LogP contribution in [-0.2, 0) is 51.4 Å². The van der Waals surface area contributed by atoms with Crippen LogP contribution < -0.4 is 0 Å². The van der Waals surface area contributed by atoms with E-state index in [1.807, 2.05) is 104 Å². The minimum atomic E-state index is 0.897. The van der Waals surface area contributed by atoms with Gasteiger partial charge in [-0.3, -0.25) is 57.5 Å². The summed E-state index contributed by atoms with van der Waals surface area (Å²) in [5, 5.41) is 6.33. The van der Waals surface area contributed by atoms with E-state index in [1.165, 1.54) is 200 Å². The van der Waals surface area contributed by atoms with E-state index in [2.05, 4.69) is 269 Å². The Morgan fingerprint density at radius 3 is 0.879 bits per heavy atom. The lowest BCUT2D eigenvalue weighted by Crippen LogP contribution is -1.96. The SMILES string of the molecule is c1ccc2c(c1)Cc1ccc3c(c1-2)Cc1c-3ccc2nc3c4cccnc4c4ncccc4n3c12.c1ccc2c(c1)Cc1ccc3c(c1-2)Cc1c-3ccc2nc3c4ccncc4c4ncccc4n3c12.c1ccc2c(c1)Cc1ccc3c(c1-2)Cc1c-3ccc2nc3c4cnccc4c4ncccc4n3c12.c1ccc2c(c1)Cc1ccc3c(c1-2)Cc1c-3ccc2nc3c4ncccc4c4ncccc4n3c12. The predicted octanol–water partition coefficient (Wildman–Crippen LogP) is 26.9. The number of fused-ring (bicyclic) bond motifs is 64. The van der Waals surface area contributed by atoms with E-state index in [1.54, 1.807) is 0 Å². The zero-order valence-electron chi connectivity index (χ0n) is 75.1. The fourth-order valence-electron chi connectivity index (χ4n) is 26.2. The molecule has 0 saturated heterocycles. The maximum Gasteiger partial charge on any atom is 0.165 e. The van der Waals surface area contributed by atoms with Gasteiger partial charge in [0.05, 0.1) is 82.8 Å². The van der Waals surface area contributed by atoms with Crippen LogP contribution in [0.1, 0.15) is 89.0 Å². The van der Waals surface area contributed by atoms with Gasteiger partial charge in [-0.05, 0) is 313 Å². The van der Waals surface area contributed by atoms with Crippen LogP contribution in [-0.4, -0.2) is 77.4 Å². The molecule has 36 rings (SSSR count). The van der Waals surface area contributed by atoms with Crippen molar-refractivity contribution in [2.75, 3.05) is 0 Å². The van der Waals surface area contributed by atoms with Crippen molar-refractivity contribution in [2.24, 2.45) is 0 Å². The Labute approximate surface area is 796 Å². The summed E-state index contributed by atoms with van der Waals surface area (Å²) in [5.74, 6) is 0. The fourth-order valence-corrected chi connectivity index (χ4v) is 26.2. The van der Waals surface area contributed by atoms with Gasteiger partial charge in [0.2, 0.25) is 0 Å². The molecular weight excluding hydrogens is 1710 g/mol. The molecule has 8 aliphatic carbocycles. The van der Waals surface area contributed by atoms with Gasteiger partial charge in [0.1, 0.15) is 33.5 Å². The normalized spacial score (nSPS) is 13.5. The summed E-state index contributed by atoms with van der Waals surface area (Å²) < 4.78 is 9.27. The first-order chi connectivity index (χ1) is 69.5. The molecule has 0 aliphatic heterocycles. The molecule has 0 amide bonds. The Morgan fingerprint density at radius 1 is 0.171 bits per heavy atom. The van der Waals surface area contributed by atoms with Gasteiger partial charge in [0.15, 0.2) is 5.65 Å².